The molecule has 0 bridgehead atoms. The zero-order valence-electron chi connectivity index (χ0n) is 18.4. The van der Waals surface area contributed by atoms with Gasteiger partial charge in [0, 0.05) is 18.0 Å². The van der Waals surface area contributed by atoms with E-state index in [2.05, 4.69) is 9.67 Å². The first-order valence-corrected chi connectivity index (χ1v) is 12.0. The van der Waals surface area contributed by atoms with Crippen LogP contribution in [0, 0.1) is 0 Å². The van der Waals surface area contributed by atoms with Crippen LogP contribution in [0.2, 0.25) is 0 Å². The smallest absolute Gasteiger partial charge is 0.337 e. The number of fused-ring (bicyclic) bond motifs is 3. The fraction of sp³-hybridized carbons (Fsp3) is 0.280. The number of nitrogens with zero attached hydrogens (tertiary/aromatic N) is 4. The Kier molecular flexibility index (Phi) is 6.00. The van der Waals surface area contributed by atoms with Gasteiger partial charge >= 0.3 is 5.97 Å². The molecule has 0 amide bonds. The van der Waals surface area contributed by atoms with E-state index >= 15 is 0 Å². The summed E-state index contributed by atoms with van der Waals surface area (Å²) in [6.45, 7) is 0.845. The van der Waals surface area contributed by atoms with E-state index in [1.54, 1.807) is 23.9 Å². The Labute approximate surface area is 195 Å². The molecule has 33 heavy (non-hydrogen) atoms. The molecule has 0 aromatic heterocycles. The SMILES string of the molecule is COC(=O)c1ccc(CSc2nc3nn(-c4ccccc4)c(=O)c-3c3n2CCCCC3)cc1. The Morgan fingerprint density at radius 3 is 2.61 bits per heavy atom. The summed E-state index contributed by atoms with van der Waals surface area (Å²) in [5, 5.41) is 5.46. The molecule has 0 spiro atoms. The summed E-state index contributed by atoms with van der Waals surface area (Å²) in [4.78, 5) is 29.8. The standard InChI is InChI=1S/C25H24N4O3S/c1-32-24(31)18-13-11-17(12-14-18)16-33-25-26-22-21(20-10-6-3-7-15-28(20)25)23(30)29(27-22)19-8-4-2-5-9-19/h2,4-5,8-9,11-14H,3,6-7,10,15-16H2,1H3. The summed E-state index contributed by atoms with van der Waals surface area (Å²) in [7, 11) is 1.38. The van der Waals surface area contributed by atoms with Gasteiger partial charge in [0.05, 0.1) is 18.4 Å². The molecule has 0 atom stereocenters. The number of aromatic nitrogens is 4. The Morgan fingerprint density at radius 1 is 1.06 bits per heavy atom. The van der Waals surface area contributed by atoms with Crippen molar-refractivity contribution in [1.82, 2.24) is 19.3 Å². The minimum absolute atomic E-state index is 0.107. The maximum atomic E-state index is 13.3. The number of methoxy groups -OCH3 is 1. The van der Waals surface area contributed by atoms with Crippen LogP contribution in [0.1, 0.15) is 40.9 Å². The number of rotatable bonds is 5. The maximum Gasteiger partial charge on any atom is 0.337 e. The molecule has 7 nitrogen and oxygen atoms in total. The number of carbonyl (C=O) groups is 1. The van der Waals surface area contributed by atoms with Gasteiger partial charge in [0.1, 0.15) is 5.56 Å². The van der Waals surface area contributed by atoms with Crippen molar-refractivity contribution in [2.45, 2.75) is 43.1 Å². The van der Waals surface area contributed by atoms with E-state index in [4.69, 9.17) is 9.72 Å². The summed E-state index contributed by atoms with van der Waals surface area (Å²) in [6, 6.07) is 16.9. The third-order valence-electron chi connectivity index (χ3n) is 5.91. The van der Waals surface area contributed by atoms with Crippen molar-refractivity contribution >= 4 is 17.7 Å². The molecule has 0 saturated heterocycles. The second-order valence-corrected chi connectivity index (χ2v) is 8.97. The van der Waals surface area contributed by atoms with E-state index in [0.29, 0.717) is 22.7 Å². The molecule has 8 heteroatoms. The van der Waals surface area contributed by atoms with Crippen molar-refractivity contribution in [2.24, 2.45) is 0 Å². The normalized spacial score (nSPS) is 13.5. The molecule has 168 valence electrons. The summed E-state index contributed by atoms with van der Waals surface area (Å²) >= 11 is 1.63. The van der Waals surface area contributed by atoms with Crippen LogP contribution in [-0.4, -0.2) is 32.4 Å². The van der Waals surface area contributed by atoms with Crippen LogP contribution >= 0.6 is 11.8 Å². The Balaban J connectivity index is 1.52. The molecule has 3 aliphatic heterocycles. The van der Waals surface area contributed by atoms with Crippen LogP contribution in [0.3, 0.4) is 0 Å². The molecule has 2 aromatic carbocycles. The number of hydrogen-bond donors (Lipinski definition) is 0. The first-order chi connectivity index (χ1) is 16.2. The largest absolute Gasteiger partial charge is 0.465 e. The molecule has 0 radical (unpaired) electrons. The van der Waals surface area contributed by atoms with E-state index in [1.807, 2.05) is 42.5 Å². The number of thioether (sulfide) groups is 1. The van der Waals surface area contributed by atoms with Gasteiger partial charge in [-0.3, -0.25) is 4.79 Å². The molecule has 3 aliphatic rings. The summed E-state index contributed by atoms with van der Waals surface area (Å²) < 4.78 is 8.44. The third kappa shape index (κ3) is 4.18. The van der Waals surface area contributed by atoms with Crippen molar-refractivity contribution in [1.29, 1.82) is 0 Å². The minimum atomic E-state index is -0.343. The average Bonchev–Trinajstić information content (AvgIpc) is 3.02. The van der Waals surface area contributed by atoms with Gasteiger partial charge < -0.3 is 9.30 Å². The van der Waals surface area contributed by atoms with Gasteiger partial charge in [0.2, 0.25) is 0 Å². The second kappa shape index (κ2) is 9.23. The van der Waals surface area contributed by atoms with Crippen molar-refractivity contribution in [3.8, 4) is 17.1 Å². The number of benzene rings is 2. The van der Waals surface area contributed by atoms with E-state index in [9.17, 15) is 9.59 Å². The summed E-state index contributed by atoms with van der Waals surface area (Å²) in [5.41, 5.74) is 3.91. The highest BCUT2D eigenvalue weighted by molar-refractivity contribution is 7.98. The van der Waals surface area contributed by atoms with Crippen LogP contribution in [0.4, 0.5) is 0 Å². The van der Waals surface area contributed by atoms with Gasteiger partial charge in [-0.15, -0.1) is 5.10 Å². The van der Waals surface area contributed by atoms with Crippen LogP contribution in [0.5, 0.6) is 0 Å². The first kappa shape index (κ1) is 21.5. The number of hydrogen-bond acceptors (Lipinski definition) is 6. The van der Waals surface area contributed by atoms with E-state index in [1.165, 1.54) is 11.8 Å². The highest BCUT2D eigenvalue weighted by atomic mass is 32.2. The lowest BCUT2D eigenvalue weighted by Gasteiger charge is -2.17. The highest BCUT2D eigenvalue weighted by Crippen LogP contribution is 2.31. The topological polar surface area (TPSA) is 79.0 Å². The zero-order chi connectivity index (χ0) is 22.8. The average molecular weight is 461 g/mol. The lowest BCUT2D eigenvalue weighted by molar-refractivity contribution is 0.0600. The Morgan fingerprint density at radius 2 is 1.85 bits per heavy atom. The predicted octanol–water partition coefficient (Wildman–Crippen LogP) is 4.34. The maximum absolute atomic E-state index is 13.3. The molecule has 0 fully saturated rings. The van der Waals surface area contributed by atoms with Gasteiger partial charge in [-0.1, -0.05) is 48.5 Å². The molecule has 0 unspecified atom stereocenters. The van der Waals surface area contributed by atoms with Crippen molar-refractivity contribution in [2.75, 3.05) is 7.11 Å². The number of esters is 1. The number of para-hydroxylation sites is 1. The van der Waals surface area contributed by atoms with Gasteiger partial charge in [-0.05, 0) is 49.1 Å². The van der Waals surface area contributed by atoms with Gasteiger partial charge in [0.25, 0.3) is 5.56 Å². The third-order valence-corrected chi connectivity index (χ3v) is 6.96. The van der Waals surface area contributed by atoms with Gasteiger partial charge in [-0.2, -0.15) is 4.68 Å². The lowest BCUT2D eigenvalue weighted by Crippen LogP contribution is -2.19. The van der Waals surface area contributed by atoms with E-state index < -0.39 is 0 Å². The van der Waals surface area contributed by atoms with Crippen LogP contribution in [-0.2, 0) is 23.5 Å². The molecule has 0 saturated carbocycles. The predicted molar refractivity (Wildman–Crippen MR) is 127 cm³/mol. The van der Waals surface area contributed by atoms with Gasteiger partial charge in [-0.25, -0.2) is 9.78 Å². The zero-order valence-corrected chi connectivity index (χ0v) is 19.2. The van der Waals surface area contributed by atoms with Crippen LogP contribution in [0.25, 0.3) is 17.1 Å². The number of ether oxygens (including phenoxy) is 1. The van der Waals surface area contributed by atoms with E-state index in [0.717, 1.165) is 54.3 Å². The fourth-order valence-corrected chi connectivity index (χ4v) is 5.21. The summed E-state index contributed by atoms with van der Waals surface area (Å²) in [6.07, 6.45) is 4.08. The van der Waals surface area contributed by atoms with Gasteiger partial charge in [0.15, 0.2) is 11.0 Å². The molecular formula is C25H24N4O3S. The molecule has 2 aromatic rings. The molecule has 5 rings (SSSR count). The highest BCUT2D eigenvalue weighted by Gasteiger charge is 2.27. The van der Waals surface area contributed by atoms with Crippen molar-refractivity contribution < 1.29 is 9.53 Å². The monoisotopic (exact) mass is 460 g/mol. The Hall–Kier alpha value is -3.39. The first-order valence-electron chi connectivity index (χ1n) is 11.0. The second-order valence-electron chi connectivity index (χ2n) is 8.03. The molecule has 3 heterocycles. The number of carbonyl (C=O) groups excluding carboxylic acids is 1. The summed E-state index contributed by atoms with van der Waals surface area (Å²) in [5.74, 6) is 0.855. The lowest BCUT2D eigenvalue weighted by atomic mass is 10.1. The minimum Gasteiger partial charge on any atom is -0.465 e. The van der Waals surface area contributed by atoms with Crippen LogP contribution < -0.4 is 5.56 Å². The Bertz CT molecular complexity index is 1310. The van der Waals surface area contributed by atoms with Crippen molar-refractivity contribution in [3.05, 3.63) is 81.8 Å². The quantitative estimate of drug-likeness (QED) is 0.250. The van der Waals surface area contributed by atoms with E-state index in [-0.39, 0.29) is 11.5 Å². The van der Waals surface area contributed by atoms with Crippen molar-refractivity contribution in [3.63, 3.8) is 0 Å². The molecule has 0 aliphatic carbocycles. The molecular weight excluding hydrogens is 436 g/mol. The fourth-order valence-electron chi connectivity index (χ4n) is 4.21. The molecule has 0 N–H and O–H groups in total. The van der Waals surface area contributed by atoms with Crippen LogP contribution in [0.15, 0.2) is 64.5 Å².